The number of hydrogen-bond acceptors (Lipinski definition) is 3. The summed E-state index contributed by atoms with van der Waals surface area (Å²) in [6, 6.07) is 18.5. The second kappa shape index (κ2) is 6.51. The van der Waals surface area contributed by atoms with Crippen LogP contribution in [-0.2, 0) is 13.0 Å². The molecule has 1 aliphatic rings. The first-order valence-corrected chi connectivity index (χ1v) is 8.61. The van der Waals surface area contributed by atoms with Crippen LogP contribution >= 0.6 is 0 Å². The maximum Gasteiger partial charge on any atom is 0.274 e. The zero-order valence-corrected chi connectivity index (χ0v) is 14.2. The minimum Gasteiger partial charge on any atom is -0.326 e. The molecule has 4 rings (SSSR count). The summed E-state index contributed by atoms with van der Waals surface area (Å²) in [6.45, 7) is 3.28. The smallest absolute Gasteiger partial charge is 0.274 e. The van der Waals surface area contributed by atoms with Gasteiger partial charge in [0.15, 0.2) is 0 Å². The molecular weight excluding hydrogens is 312 g/mol. The van der Waals surface area contributed by atoms with Crippen molar-refractivity contribution in [2.24, 2.45) is 0 Å². The van der Waals surface area contributed by atoms with Gasteiger partial charge in [-0.25, -0.2) is 4.68 Å². The van der Waals surface area contributed by atoms with Crippen molar-refractivity contribution >= 4 is 5.91 Å². The van der Waals surface area contributed by atoms with E-state index in [0.717, 1.165) is 12.0 Å². The van der Waals surface area contributed by atoms with Crippen LogP contribution in [0.4, 0.5) is 0 Å². The fraction of sp³-hybridized carbons (Fsp3) is 0.250. The molecule has 0 spiro atoms. The quantitative estimate of drug-likeness (QED) is 0.740. The number of hydrogen-bond donors (Lipinski definition) is 0. The Balaban J connectivity index is 1.80. The predicted molar refractivity (Wildman–Crippen MR) is 95.2 cm³/mol. The van der Waals surface area contributed by atoms with Gasteiger partial charge in [0, 0.05) is 13.1 Å². The molecule has 2 aromatic carbocycles. The molecular formula is C20H20N4O. The van der Waals surface area contributed by atoms with E-state index in [1.807, 2.05) is 36.1 Å². The molecule has 0 saturated heterocycles. The average Bonchev–Trinajstić information content (AvgIpc) is 3.16. The van der Waals surface area contributed by atoms with Crippen molar-refractivity contribution in [3.05, 3.63) is 83.2 Å². The number of carbonyl (C=O) groups is 1. The van der Waals surface area contributed by atoms with Gasteiger partial charge in [0.25, 0.3) is 5.91 Å². The van der Waals surface area contributed by atoms with Crippen LogP contribution < -0.4 is 0 Å². The first kappa shape index (κ1) is 15.6. The van der Waals surface area contributed by atoms with E-state index in [1.54, 1.807) is 10.9 Å². The van der Waals surface area contributed by atoms with Crippen LogP contribution in [0.15, 0.2) is 60.8 Å². The summed E-state index contributed by atoms with van der Waals surface area (Å²) >= 11 is 0. The lowest BCUT2D eigenvalue weighted by Crippen LogP contribution is -2.41. The summed E-state index contributed by atoms with van der Waals surface area (Å²) in [5, 5.41) is 7.93. The molecule has 1 aromatic heterocycles. The van der Waals surface area contributed by atoms with Gasteiger partial charge in [-0.3, -0.25) is 4.79 Å². The standard InChI is InChI=1S/C20H20N4O/c1-2-24-18(14-21-22-24)20(25)23-13-12-15-8-6-7-11-17(15)19(23)16-9-4-3-5-10-16/h3-11,14,19H,2,12-13H2,1H3/t19-/m1/s1. The average molecular weight is 332 g/mol. The number of benzene rings is 2. The zero-order valence-electron chi connectivity index (χ0n) is 14.2. The lowest BCUT2D eigenvalue weighted by molar-refractivity contribution is 0.0682. The molecule has 1 aliphatic heterocycles. The highest BCUT2D eigenvalue weighted by atomic mass is 16.2. The molecule has 2 heterocycles. The topological polar surface area (TPSA) is 51.0 Å². The van der Waals surface area contributed by atoms with Gasteiger partial charge in [-0.05, 0) is 30.0 Å². The number of aromatic nitrogens is 3. The summed E-state index contributed by atoms with van der Waals surface area (Å²) < 4.78 is 1.66. The summed E-state index contributed by atoms with van der Waals surface area (Å²) in [7, 11) is 0. The maximum atomic E-state index is 13.3. The second-order valence-electron chi connectivity index (χ2n) is 6.20. The maximum absolute atomic E-state index is 13.3. The molecule has 5 nitrogen and oxygen atoms in total. The Kier molecular flexibility index (Phi) is 4.06. The van der Waals surface area contributed by atoms with Gasteiger partial charge in [0.1, 0.15) is 5.69 Å². The molecule has 1 atom stereocenters. The summed E-state index contributed by atoms with van der Waals surface area (Å²) in [6.07, 6.45) is 2.42. The largest absolute Gasteiger partial charge is 0.326 e. The molecule has 25 heavy (non-hydrogen) atoms. The van der Waals surface area contributed by atoms with E-state index in [4.69, 9.17) is 0 Å². The van der Waals surface area contributed by atoms with E-state index >= 15 is 0 Å². The summed E-state index contributed by atoms with van der Waals surface area (Å²) in [5.74, 6) is -0.0183. The monoisotopic (exact) mass is 332 g/mol. The highest BCUT2D eigenvalue weighted by molar-refractivity contribution is 5.93. The van der Waals surface area contributed by atoms with Gasteiger partial charge in [-0.15, -0.1) is 5.10 Å². The van der Waals surface area contributed by atoms with E-state index in [2.05, 4.69) is 40.6 Å². The molecule has 0 saturated carbocycles. The first-order valence-electron chi connectivity index (χ1n) is 8.61. The van der Waals surface area contributed by atoms with Gasteiger partial charge in [-0.1, -0.05) is 59.8 Å². The fourth-order valence-corrected chi connectivity index (χ4v) is 3.58. The minimum atomic E-state index is -0.0844. The second-order valence-corrected chi connectivity index (χ2v) is 6.20. The van der Waals surface area contributed by atoms with E-state index in [1.165, 1.54) is 11.1 Å². The van der Waals surface area contributed by atoms with E-state index in [9.17, 15) is 4.79 Å². The van der Waals surface area contributed by atoms with E-state index in [0.29, 0.717) is 18.8 Å². The Morgan fingerprint density at radius 2 is 1.88 bits per heavy atom. The SMILES string of the molecule is CCn1nncc1C(=O)N1CCc2ccccc2[C@H]1c1ccccc1. The van der Waals surface area contributed by atoms with Crippen LogP contribution in [0.3, 0.4) is 0 Å². The van der Waals surface area contributed by atoms with Crippen molar-refractivity contribution in [1.82, 2.24) is 19.9 Å². The number of rotatable bonds is 3. The number of nitrogens with zero attached hydrogens (tertiary/aromatic N) is 4. The highest BCUT2D eigenvalue weighted by Crippen LogP contribution is 2.35. The van der Waals surface area contributed by atoms with E-state index < -0.39 is 0 Å². The third-order valence-electron chi connectivity index (χ3n) is 4.80. The Morgan fingerprint density at radius 3 is 2.68 bits per heavy atom. The molecule has 3 aromatic rings. The van der Waals surface area contributed by atoms with Crippen molar-refractivity contribution in [3.8, 4) is 0 Å². The number of aryl methyl sites for hydroxylation is 1. The molecule has 0 unspecified atom stereocenters. The molecule has 0 N–H and O–H groups in total. The molecule has 0 radical (unpaired) electrons. The van der Waals surface area contributed by atoms with Crippen LogP contribution in [0.2, 0.25) is 0 Å². The summed E-state index contributed by atoms with van der Waals surface area (Å²) in [4.78, 5) is 15.2. The highest BCUT2D eigenvalue weighted by Gasteiger charge is 2.33. The molecule has 0 fully saturated rings. The zero-order chi connectivity index (χ0) is 17.2. The Labute approximate surface area is 146 Å². The molecule has 5 heteroatoms. The Bertz CT molecular complexity index is 887. The van der Waals surface area contributed by atoms with Crippen molar-refractivity contribution in [1.29, 1.82) is 0 Å². The van der Waals surface area contributed by atoms with Gasteiger partial charge < -0.3 is 4.90 Å². The molecule has 126 valence electrons. The van der Waals surface area contributed by atoms with Gasteiger partial charge in [-0.2, -0.15) is 0 Å². The van der Waals surface area contributed by atoms with Crippen molar-refractivity contribution in [3.63, 3.8) is 0 Å². The third kappa shape index (κ3) is 2.71. The minimum absolute atomic E-state index is 0.0183. The Morgan fingerprint density at radius 1 is 1.12 bits per heavy atom. The van der Waals surface area contributed by atoms with Crippen LogP contribution in [0, 0.1) is 0 Å². The number of fused-ring (bicyclic) bond motifs is 1. The Hall–Kier alpha value is -2.95. The normalized spacial score (nSPS) is 16.5. The third-order valence-corrected chi connectivity index (χ3v) is 4.80. The van der Waals surface area contributed by atoms with Gasteiger partial charge >= 0.3 is 0 Å². The van der Waals surface area contributed by atoms with Crippen molar-refractivity contribution in [2.75, 3.05) is 6.54 Å². The first-order chi connectivity index (χ1) is 12.3. The van der Waals surface area contributed by atoms with Crippen molar-refractivity contribution < 1.29 is 4.79 Å². The summed E-state index contributed by atoms with van der Waals surface area (Å²) in [5.41, 5.74) is 4.17. The number of carbonyl (C=O) groups excluding carboxylic acids is 1. The van der Waals surface area contributed by atoms with Gasteiger partial charge in [0.2, 0.25) is 0 Å². The predicted octanol–water partition coefficient (Wildman–Crippen LogP) is 3.09. The van der Waals surface area contributed by atoms with Crippen LogP contribution in [0.25, 0.3) is 0 Å². The lowest BCUT2D eigenvalue weighted by atomic mass is 9.88. The fourth-order valence-electron chi connectivity index (χ4n) is 3.58. The molecule has 1 amide bonds. The molecule has 0 bridgehead atoms. The lowest BCUT2D eigenvalue weighted by Gasteiger charge is -2.37. The van der Waals surface area contributed by atoms with E-state index in [-0.39, 0.29) is 11.9 Å². The number of amides is 1. The van der Waals surface area contributed by atoms with Gasteiger partial charge in [0.05, 0.1) is 12.2 Å². The van der Waals surface area contributed by atoms with Crippen LogP contribution in [-0.4, -0.2) is 32.3 Å². The van der Waals surface area contributed by atoms with Crippen molar-refractivity contribution in [2.45, 2.75) is 25.9 Å². The van der Waals surface area contributed by atoms with Crippen LogP contribution in [0.5, 0.6) is 0 Å². The van der Waals surface area contributed by atoms with Crippen LogP contribution in [0.1, 0.15) is 40.1 Å². The molecule has 0 aliphatic carbocycles.